The third kappa shape index (κ3) is 4.01. The molecule has 12 nitrogen and oxygen atoms in total. The molecular formula is C18H18N8O4. The molecule has 12 heteroatoms. The highest BCUT2D eigenvalue weighted by Gasteiger charge is 2.35. The number of H-pyrrole nitrogens is 1. The predicted molar refractivity (Wildman–Crippen MR) is 105 cm³/mol. The number of ether oxygens (including phenoxy) is 1. The van der Waals surface area contributed by atoms with Crippen molar-refractivity contribution in [1.29, 1.82) is 0 Å². The second-order valence-corrected chi connectivity index (χ2v) is 6.79. The summed E-state index contributed by atoms with van der Waals surface area (Å²) in [5, 5.41) is 16.2. The van der Waals surface area contributed by atoms with Gasteiger partial charge in [0.15, 0.2) is 11.2 Å². The maximum atomic E-state index is 12.4. The summed E-state index contributed by atoms with van der Waals surface area (Å²) in [6, 6.07) is 9.17. The Morgan fingerprint density at radius 2 is 2.23 bits per heavy atom. The standard InChI is InChI=1S/C18H18N8O4/c19-25-21-8-12-11(27)7-14(30-12)26-9-20-15-16(26)23-18(24-17(15)29)22-13(28)6-10-4-2-1-3-5-10/h1-5,9,11-12,14,27H,6-8H2,(H2,22,23,24,28,29)/t11-,12+,14+/m0/s1. The molecule has 0 spiro atoms. The number of aromatic amines is 1. The SMILES string of the molecule is [N-]=[N+]=NC[C@H]1O[C@@H](n2cnc3c(=O)[nH]c(NC(=O)Cc4ccccc4)nc32)C[C@@H]1O. The molecule has 0 radical (unpaired) electrons. The number of nitrogens with one attached hydrogen (secondary N) is 2. The van der Waals surface area contributed by atoms with E-state index in [9.17, 15) is 14.7 Å². The molecule has 3 atom stereocenters. The lowest BCUT2D eigenvalue weighted by atomic mass is 10.1. The average molecular weight is 410 g/mol. The van der Waals surface area contributed by atoms with Crippen molar-refractivity contribution in [2.75, 3.05) is 11.9 Å². The van der Waals surface area contributed by atoms with Gasteiger partial charge in [-0.15, -0.1) is 0 Å². The summed E-state index contributed by atoms with van der Waals surface area (Å²) in [5.74, 6) is -0.351. The van der Waals surface area contributed by atoms with Crippen LogP contribution >= 0.6 is 0 Å². The van der Waals surface area contributed by atoms with E-state index < -0.39 is 24.0 Å². The minimum atomic E-state index is -0.843. The fourth-order valence-electron chi connectivity index (χ4n) is 3.32. The van der Waals surface area contributed by atoms with E-state index in [4.69, 9.17) is 10.3 Å². The lowest BCUT2D eigenvalue weighted by molar-refractivity contribution is -0.115. The number of nitrogens with zero attached hydrogens (tertiary/aromatic N) is 6. The lowest BCUT2D eigenvalue weighted by Gasteiger charge is -2.14. The van der Waals surface area contributed by atoms with Crippen LogP contribution in [0.1, 0.15) is 18.2 Å². The second kappa shape index (κ2) is 8.33. The number of fused-ring (bicyclic) bond motifs is 1. The lowest BCUT2D eigenvalue weighted by Crippen LogP contribution is -2.23. The molecule has 1 saturated heterocycles. The number of carbonyl (C=O) groups excluding carboxylic acids is 1. The molecule has 3 aromatic rings. The quantitative estimate of drug-likeness (QED) is 0.313. The molecule has 1 fully saturated rings. The first-order valence-corrected chi connectivity index (χ1v) is 9.20. The Morgan fingerprint density at radius 3 is 3.00 bits per heavy atom. The summed E-state index contributed by atoms with van der Waals surface area (Å²) < 4.78 is 7.25. The van der Waals surface area contributed by atoms with Gasteiger partial charge < -0.3 is 9.84 Å². The van der Waals surface area contributed by atoms with Gasteiger partial charge >= 0.3 is 0 Å². The number of benzene rings is 1. The van der Waals surface area contributed by atoms with Crippen LogP contribution in [-0.4, -0.2) is 49.3 Å². The smallest absolute Gasteiger partial charge is 0.280 e. The van der Waals surface area contributed by atoms with Crippen molar-refractivity contribution < 1.29 is 14.6 Å². The second-order valence-electron chi connectivity index (χ2n) is 6.79. The van der Waals surface area contributed by atoms with Gasteiger partial charge in [-0.05, 0) is 11.1 Å². The zero-order valence-electron chi connectivity index (χ0n) is 15.7. The molecular weight excluding hydrogens is 392 g/mol. The molecule has 4 rings (SSSR count). The largest absolute Gasteiger partial charge is 0.390 e. The van der Waals surface area contributed by atoms with Crippen LogP contribution in [0.25, 0.3) is 21.6 Å². The highest BCUT2D eigenvalue weighted by atomic mass is 16.5. The number of aromatic nitrogens is 4. The molecule has 1 aliphatic heterocycles. The number of carbonyl (C=O) groups is 1. The number of aliphatic hydroxyl groups is 1. The molecule has 3 N–H and O–H groups in total. The third-order valence-electron chi connectivity index (χ3n) is 4.74. The van der Waals surface area contributed by atoms with Crippen LogP contribution in [0, 0.1) is 0 Å². The Morgan fingerprint density at radius 1 is 1.43 bits per heavy atom. The van der Waals surface area contributed by atoms with Gasteiger partial charge in [0.2, 0.25) is 11.9 Å². The highest BCUT2D eigenvalue weighted by molar-refractivity contribution is 5.91. The van der Waals surface area contributed by atoms with Crippen molar-refractivity contribution in [1.82, 2.24) is 19.5 Å². The number of azide groups is 1. The molecule has 1 amide bonds. The van der Waals surface area contributed by atoms with Crippen LogP contribution in [0.2, 0.25) is 0 Å². The van der Waals surface area contributed by atoms with Crippen LogP contribution in [0.3, 0.4) is 0 Å². The number of rotatable bonds is 6. The van der Waals surface area contributed by atoms with E-state index >= 15 is 0 Å². The van der Waals surface area contributed by atoms with Gasteiger partial charge in [-0.2, -0.15) is 4.98 Å². The van der Waals surface area contributed by atoms with Gasteiger partial charge in [-0.3, -0.25) is 24.5 Å². The molecule has 1 aliphatic rings. The minimum Gasteiger partial charge on any atom is -0.390 e. The van der Waals surface area contributed by atoms with E-state index in [0.717, 1.165) is 5.56 Å². The van der Waals surface area contributed by atoms with E-state index in [-0.39, 0.29) is 42.4 Å². The number of imidazole rings is 1. The summed E-state index contributed by atoms with van der Waals surface area (Å²) in [6.45, 7) is -0.0183. The number of hydrogen-bond donors (Lipinski definition) is 3. The van der Waals surface area contributed by atoms with Crippen LogP contribution in [0.5, 0.6) is 0 Å². The minimum absolute atomic E-state index is 0.0145. The van der Waals surface area contributed by atoms with Gasteiger partial charge in [-0.25, -0.2) is 4.98 Å². The Hall–Kier alpha value is -3.73. The Kier molecular flexibility index (Phi) is 5.44. The summed E-state index contributed by atoms with van der Waals surface area (Å²) in [6.07, 6.45) is -0.441. The van der Waals surface area contributed by atoms with E-state index in [1.54, 1.807) is 0 Å². The van der Waals surface area contributed by atoms with Crippen molar-refractivity contribution in [3.8, 4) is 0 Å². The van der Waals surface area contributed by atoms with Gasteiger partial charge in [-0.1, -0.05) is 35.4 Å². The van der Waals surface area contributed by atoms with Gasteiger partial charge in [0.05, 0.1) is 31.5 Å². The van der Waals surface area contributed by atoms with Crippen molar-refractivity contribution in [3.05, 3.63) is 63.0 Å². The molecule has 30 heavy (non-hydrogen) atoms. The Bertz CT molecular complexity index is 1170. The zero-order valence-corrected chi connectivity index (χ0v) is 15.7. The number of aliphatic hydroxyl groups excluding tert-OH is 1. The van der Waals surface area contributed by atoms with Gasteiger partial charge in [0, 0.05) is 11.3 Å². The van der Waals surface area contributed by atoms with E-state index in [1.165, 1.54) is 10.9 Å². The first-order chi connectivity index (χ1) is 14.5. The first-order valence-electron chi connectivity index (χ1n) is 9.20. The van der Waals surface area contributed by atoms with Crippen molar-refractivity contribution in [3.63, 3.8) is 0 Å². The van der Waals surface area contributed by atoms with Crippen LogP contribution in [0.15, 0.2) is 46.6 Å². The fraction of sp³-hybridized carbons (Fsp3) is 0.333. The summed E-state index contributed by atoms with van der Waals surface area (Å²) in [7, 11) is 0. The fourth-order valence-corrected chi connectivity index (χ4v) is 3.32. The van der Waals surface area contributed by atoms with Crippen molar-refractivity contribution in [2.24, 2.45) is 5.11 Å². The number of amides is 1. The highest BCUT2D eigenvalue weighted by Crippen LogP contribution is 2.30. The molecule has 3 heterocycles. The molecule has 1 aromatic carbocycles. The Balaban J connectivity index is 1.56. The third-order valence-corrected chi connectivity index (χ3v) is 4.74. The molecule has 0 bridgehead atoms. The van der Waals surface area contributed by atoms with E-state index in [0.29, 0.717) is 0 Å². The number of hydrogen-bond acceptors (Lipinski definition) is 7. The summed E-state index contributed by atoms with van der Waals surface area (Å²) in [5.41, 5.74) is 9.04. The molecule has 0 aliphatic carbocycles. The maximum absolute atomic E-state index is 12.4. The average Bonchev–Trinajstić information content (AvgIpc) is 3.30. The summed E-state index contributed by atoms with van der Waals surface area (Å²) >= 11 is 0. The van der Waals surface area contributed by atoms with Crippen LogP contribution in [-0.2, 0) is 16.0 Å². The molecule has 2 aromatic heterocycles. The summed E-state index contributed by atoms with van der Waals surface area (Å²) in [4.78, 5) is 38.2. The predicted octanol–water partition coefficient (Wildman–Crippen LogP) is 1.26. The maximum Gasteiger partial charge on any atom is 0.280 e. The van der Waals surface area contributed by atoms with Crippen molar-refractivity contribution >= 4 is 23.0 Å². The van der Waals surface area contributed by atoms with Crippen LogP contribution < -0.4 is 10.9 Å². The topological polar surface area (TPSA) is 171 Å². The number of anilines is 1. The molecule has 0 saturated carbocycles. The molecule has 154 valence electrons. The van der Waals surface area contributed by atoms with E-state index in [2.05, 4.69) is 30.3 Å². The normalized spacial score (nSPS) is 20.8. The van der Waals surface area contributed by atoms with Gasteiger partial charge in [0.1, 0.15) is 6.23 Å². The van der Waals surface area contributed by atoms with Crippen molar-refractivity contribution in [2.45, 2.75) is 31.3 Å². The molecule has 0 unspecified atom stereocenters. The van der Waals surface area contributed by atoms with Gasteiger partial charge in [0.25, 0.3) is 5.56 Å². The zero-order chi connectivity index (χ0) is 21.1. The monoisotopic (exact) mass is 410 g/mol. The van der Waals surface area contributed by atoms with Crippen LogP contribution in [0.4, 0.5) is 5.95 Å². The van der Waals surface area contributed by atoms with E-state index in [1.807, 2.05) is 30.3 Å². The Labute approximate surface area is 169 Å². The first kappa shape index (κ1) is 19.6.